The monoisotopic (exact) mass is 357 g/mol. The Kier molecular flexibility index (Phi) is 2.95. The van der Waals surface area contributed by atoms with E-state index in [2.05, 4.69) is 19.9 Å². The highest BCUT2D eigenvalue weighted by molar-refractivity contribution is 5.46. The van der Waals surface area contributed by atoms with E-state index in [0.29, 0.717) is 29.7 Å². The summed E-state index contributed by atoms with van der Waals surface area (Å²) in [7, 11) is 0. The first-order chi connectivity index (χ1) is 12.1. The summed E-state index contributed by atoms with van der Waals surface area (Å²) >= 11 is 0. The Balaban J connectivity index is 1.57. The van der Waals surface area contributed by atoms with E-state index in [1.165, 1.54) is 0 Å². The van der Waals surface area contributed by atoms with Crippen LogP contribution in [0.4, 0.5) is 0 Å². The fourth-order valence-corrected chi connectivity index (χ4v) is 8.30. The molecule has 1 aliphatic heterocycles. The minimum Gasteiger partial charge on any atom is -0.508 e. The molecular formula is C22H31NO3. The number of ether oxygens (including phenoxy) is 1. The van der Waals surface area contributed by atoms with E-state index in [-0.39, 0.29) is 22.2 Å². The number of fused-ring (bicyclic) bond motifs is 4. The molecule has 4 nitrogen and oxygen atoms in total. The molecule has 1 spiro atoms. The minimum atomic E-state index is -0.669. The third kappa shape index (κ3) is 1.53. The Morgan fingerprint density at radius 2 is 1.65 bits per heavy atom. The van der Waals surface area contributed by atoms with Crippen LogP contribution in [0.5, 0.6) is 0 Å². The lowest BCUT2D eigenvalue weighted by Gasteiger charge is -2.60. The second kappa shape index (κ2) is 4.50. The smallest absolute Gasteiger partial charge is 0.153 e. The average Bonchev–Trinajstić information content (AvgIpc) is 3.14. The van der Waals surface area contributed by atoms with Crippen LogP contribution in [0.1, 0.15) is 72.6 Å². The molecule has 142 valence electrons. The molecule has 4 fully saturated rings. The average molecular weight is 357 g/mol. The van der Waals surface area contributed by atoms with Crippen LogP contribution in [0.25, 0.3) is 0 Å². The van der Waals surface area contributed by atoms with E-state index in [0.717, 1.165) is 38.5 Å². The van der Waals surface area contributed by atoms with Crippen LogP contribution < -0.4 is 0 Å². The number of hydrogen-bond donors (Lipinski definition) is 2. The van der Waals surface area contributed by atoms with Gasteiger partial charge in [-0.05, 0) is 82.0 Å². The molecule has 0 bridgehead atoms. The Labute approximate surface area is 156 Å². The molecule has 0 unspecified atom stereocenters. The zero-order valence-electron chi connectivity index (χ0n) is 16.4. The van der Waals surface area contributed by atoms with Gasteiger partial charge in [-0.3, -0.25) is 0 Å². The largest absolute Gasteiger partial charge is 0.508 e. The summed E-state index contributed by atoms with van der Waals surface area (Å²) < 4.78 is 6.32. The molecule has 0 amide bonds. The quantitative estimate of drug-likeness (QED) is 0.636. The van der Waals surface area contributed by atoms with Crippen LogP contribution in [-0.4, -0.2) is 27.0 Å². The van der Waals surface area contributed by atoms with Gasteiger partial charge >= 0.3 is 0 Å². The number of hydrogen-bond acceptors (Lipinski definition) is 4. The molecule has 0 aromatic heterocycles. The van der Waals surface area contributed by atoms with E-state index in [1.54, 1.807) is 0 Å². The lowest BCUT2D eigenvalue weighted by molar-refractivity contribution is -0.143. The molecule has 0 radical (unpaired) electrons. The first kappa shape index (κ1) is 17.1. The number of allylic oxidation sites excluding steroid dienone is 1. The van der Waals surface area contributed by atoms with Gasteiger partial charge in [0, 0.05) is 5.41 Å². The van der Waals surface area contributed by atoms with Crippen LogP contribution in [0.2, 0.25) is 0 Å². The highest BCUT2D eigenvalue weighted by atomic mass is 16.6. The van der Waals surface area contributed by atoms with Crippen molar-refractivity contribution < 1.29 is 14.9 Å². The molecule has 26 heavy (non-hydrogen) atoms. The third-order valence-electron chi connectivity index (χ3n) is 10.1. The molecular weight excluding hydrogens is 326 g/mol. The number of nitrogens with zero attached hydrogens (tertiary/aromatic N) is 1. The fraction of sp³-hybridized carbons (Fsp3) is 0.864. The zero-order chi connectivity index (χ0) is 18.8. The van der Waals surface area contributed by atoms with Crippen molar-refractivity contribution in [3.8, 4) is 6.07 Å². The predicted molar refractivity (Wildman–Crippen MR) is 97.1 cm³/mol. The SMILES string of the molecule is C[C@]1(O)CC[C@H]2[C@@H]3CC[C@]45O[C@]4(C)C(O)=C(C#N)C[C@]5(C)[C@H]3CC[C@@]21C. The van der Waals surface area contributed by atoms with Gasteiger partial charge in [0.2, 0.25) is 0 Å². The maximum atomic E-state index is 11.0. The second-order valence-corrected chi connectivity index (χ2v) is 10.7. The van der Waals surface area contributed by atoms with E-state index >= 15 is 0 Å². The lowest BCUT2D eigenvalue weighted by atomic mass is 9.43. The van der Waals surface area contributed by atoms with Crippen LogP contribution >= 0.6 is 0 Å². The van der Waals surface area contributed by atoms with Crippen LogP contribution in [0.3, 0.4) is 0 Å². The van der Waals surface area contributed by atoms with Crippen LogP contribution in [-0.2, 0) is 4.74 Å². The molecule has 1 saturated heterocycles. The standard InChI is InChI=1S/C22H31NO3/c1-18-8-6-16-14(15(18)7-9-20(18,3)25)5-10-22-19(16,2)11-13(12-23)17(24)21(22,4)26-22/h14-16,24-25H,5-11H2,1-4H3/t14-,15-,16-,18-,19+,20-,21+,22+/m0/s1. The van der Waals surface area contributed by atoms with Gasteiger partial charge in [0.15, 0.2) is 5.60 Å². The first-order valence-corrected chi connectivity index (χ1v) is 10.3. The Morgan fingerprint density at radius 3 is 2.35 bits per heavy atom. The van der Waals surface area contributed by atoms with Gasteiger partial charge in [0.05, 0.1) is 17.2 Å². The van der Waals surface area contributed by atoms with E-state index in [4.69, 9.17) is 4.74 Å². The van der Waals surface area contributed by atoms with E-state index < -0.39 is 11.2 Å². The van der Waals surface area contributed by atoms with Crippen molar-refractivity contribution in [3.05, 3.63) is 11.3 Å². The van der Waals surface area contributed by atoms with Gasteiger partial charge in [0.1, 0.15) is 11.4 Å². The summed E-state index contributed by atoms with van der Waals surface area (Å²) in [6.45, 7) is 8.63. The number of aliphatic hydroxyl groups is 2. The Bertz CT molecular complexity index is 766. The van der Waals surface area contributed by atoms with Crippen LogP contribution in [0, 0.1) is 39.9 Å². The van der Waals surface area contributed by atoms with Gasteiger partial charge < -0.3 is 14.9 Å². The second-order valence-electron chi connectivity index (χ2n) is 10.7. The number of aliphatic hydroxyl groups excluding tert-OH is 1. The summed E-state index contributed by atoms with van der Waals surface area (Å²) in [5, 5.41) is 31.3. The van der Waals surface area contributed by atoms with Crippen molar-refractivity contribution in [2.75, 3.05) is 0 Å². The van der Waals surface area contributed by atoms with Gasteiger partial charge in [-0.25, -0.2) is 0 Å². The summed E-state index contributed by atoms with van der Waals surface area (Å²) in [5.41, 5.74) is -1.11. The Morgan fingerprint density at radius 1 is 1.00 bits per heavy atom. The van der Waals surface area contributed by atoms with Crippen LogP contribution in [0.15, 0.2) is 11.3 Å². The summed E-state index contributed by atoms with van der Waals surface area (Å²) in [6, 6.07) is 2.26. The van der Waals surface area contributed by atoms with Gasteiger partial charge in [-0.2, -0.15) is 5.26 Å². The predicted octanol–water partition coefficient (Wildman–Crippen LogP) is 4.25. The molecule has 3 saturated carbocycles. The molecule has 1 heterocycles. The van der Waals surface area contributed by atoms with Crippen molar-refractivity contribution in [3.63, 3.8) is 0 Å². The van der Waals surface area contributed by atoms with Gasteiger partial charge in [0.25, 0.3) is 0 Å². The molecule has 4 heteroatoms. The van der Waals surface area contributed by atoms with Crippen molar-refractivity contribution in [1.82, 2.24) is 0 Å². The van der Waals surface area contributed by atoms with Crippen molar-refractivity contribution in [1.29, 1.82) is 5.26 Å². The highest BCUT2D eigenvalue weighted by Crippen LogP contribution is 2.77. The summed E-state index contributed by atoms with van der Waals surface area (Å²) in [4.78, 5) is 0. The summed E-state index contributed by atoms with van der Waals surface area (Å²) in [6.07, 6.45) is 6.85. The number of rotatable bonds is 0. The van der Waals surface area contributed by atoms with E-state index in [1.807, 2.05) is 13.8 Å². The van der Waals surface area contributed by atoms with E-state index in [9.17, 15) is 15.5 Å². The van der Waals surface area contributed by atoms with Crippen molar-refractivity contribution in [2.24, 2.45) is 28.6 Å². The van der Waals surface area contributed by atoms with Crippen molar-refractivity contribution in [2.45, 2.75) is 89.4 Å². The minimum absolute atomic E-state index is 0.00739. The zero-order valence-corrected chi connectivity index (χ0v) is 16.4. The fourth-order valence-electron chi connectivity index (χ4n) is 8.30. The molecule has 5 rings (SSSR count). The normalized spacial score (nSPS) is 60.4. The third-order valence-corrected chi connectivity index (χ3v) is 10.1. The molecule has 8 atom stereocenters. The van der Waals surface area contributed by atoms with Gasteiger partial charge in [-0.1, -0.05) is 13.8 Å². The first-order valence-electron chi connectivity index (χ1n) is 10.3. The molecule has 5 aliphatic rings. The molecule has 0 aromatic rings. The molecule has 2 N–H and O–H groups in total. The number of epoxide rings is 1. The molecule has 4 aliphatic carbocycles. The molecule has 0 aromatic carbocycles. The van der Waals surface area contributed by atoms with Gasteiger partial charge in [-0.15, -0.1) is 0 Å². The van der Waals surface area contributed by atoms with Crippen molar-refractivity contribution >= 4 is 0 Å². The highest BCUT2D eigenvalue weighted by Gasteiger charge is 2.82. The Hall–Kier alpha value is -1.05. The number of nitriles is 1. The topological polar surface area (TPSA) is 76.8 Å². The maximum absolute atomic E-state index is 11.0. The maximum Gasteiger partial charge on any atom is 0.153 e. The lowest BCUT2D eigenvalue weighted by Crippen LogP contribution is -2.60. The summed E-state index contributed by atoms with van der Waals surface area (Å²) in [5.74, 6) is 1.83.